The number of hydrogen-bond acceptors (Lipinski definition) is 2. The van der Waals surface area contributed by atoms with Crippen molar-refractivity contribution in [3.8, 4) is 0 Å². The number of hydrogen-bond donors (Lipinski definition) is 1. The highest BCUT2D eigenvalue weighted by Crippen LogP contribution is 2.39. The average Bonchev–Trinajstić information content (AvgIpc) is 3.18. The smallest absolute Gasteiger partial charge is 0.270 e. The molecule has 0 aliphatic carbocycles. The Morgan fingerprint density at radius 3 is 2.77 bits per heavy atom. The number of carbonyl (C=O) groups is 1. The van der Waals surface area contributed by atoms with Gasteiger partial charge in [-0.2, -0.15) is 0 Å². The van der Waals surface area contributed by atoms with Gasteiger partial charge in [0.25, 0.3) is 5.91 Å². The maximum atomic E-state index is 13.5. The topological polar surface area (TPSA) is 45.3 Å². The van der Waals surface area contributed by atoms with Gasteiger partial charge in [0.05, 0.1) is 5.60 Å². The molecule has 3 heterocycles. The molecule has 1 atom stereocenters. The Kier molecular flexibility index (Phi) is 5.07. The fraction of sp³-hybridized carbons (Fsp3) is 0.400. The van der Waals surface area contributed by atoms with Crippen molar-refractivity contribution in [1.29, 1.82) is 0 Å². The summed E-state index contributed by atoms with van der Waals surface area (Å²) >= 11 is 0. The van der Waals surface area contributed by atoms with Crippen molar-refractivity contribution in [2.24, 2.45) is 5.92 Å². The molecule has 2 aliphatic rings. The lowest BCUT2D eigenvalue weighted by Gasteiger charge is -2.46. The number of aromatic nitrogens is 1. The molecule has 30 heavy (non-hydrogen) atoms. The van der Waals surface area contributed by atoms with Crippen LogP contribution in [0, 0.1) is 11.7 Å². The highest BCUT2D eigenvalue weighted by atomic mass is 19.1. The van der Waals surface area contributed by atoms with Crippen molar-refractivity contribution in [1.82, 2.24) is 9.88 Å². The number of halogens is 1. The predicted molar refractivity (Wildman–Crippen MR) is 115 cm³/mol. The quantitative estimate of drug-likeness (QED) is 0.669. The van der Waals surface area contributed by atoms with Crippen LogP contribution in [0.2, 0.25) is 0 Å². The van der Waals surface area contributed by atoms with Crippen molar-refractivity contribution in [2.45, 2.75) is 37.7 Å². The minimum Gasteiger partial charge on any atom is -0.375 e. The van der Waals surface area contributed by atoms with Gasteiger partial charge in [0.15, 0.2) is 0 Å². The second-order valence-electron chi connectivity index (χ2n) is 8.79. The number of nitrogens with one attached hydrogen (secondary N) is 1. The number of H-pyrrole nitrogens is 1. The molecular weight excluding hydrogens is 379 g/mol. The summed E-state index contributed by atoms with van der Waals surface area (Å²) in [5, 5.41) is 1.06. The van der Waals surface area contributed by atoms with Gasteiger partial charge in [-0.3, -0.25) is 4.79 Å². The van der Waals surface area contributed by atoms with Gasteiger partial charge in [-0.05, 0) is 67.9 Å². The fourth-order valence-electron chi connectivity index (χ4n) is 5.13. The van der Waals surface area contributed by atoms with Crippen LogP contribution in [0.5, 0.6) is 0 Å². The number of rotatable bonds is 3. The minimum absolute atomic E-state index is 0.0631. The number of aromatic amines is 1. The molecule has 0 bridgehead atoms. The van der Waals surface area contributed by atoms with Gasteiger partial charge in [-0.15, -0.1) is 0 Å². The SMILES string of the molecule is O=C(c1cc2ccccc2[nH]1)N1CCC2(CC1)C[C@@H](Cc1cccc(F)c1)CCO2. The first-order chi connectivity index (χ1) is 14.6. The molecule has 0 saturated carbocycles. The van der Waals surface area contributed by atoms with E-state index in [9.17, 15) is 9.18 Å². The first-order valence-corrected chi connectivity index (χ1v) is 10.9. The average molecular weight is 407 g/mol. The zero-order chi connectivity index (χ0) is 20.6. The summed E-state index contributed by atoms with van der Waals surface area (Å²) in [5.74, 6) is 0.391. The molecule has 5 heteroatoms. The molecule has 2 fully saturated rings. The van der Waals surface area contributed by atoms with Crippen LogP contribution in [0.4, 0.5) is 4.39 Å². The number of likely N-dealkylation sites (tertiary alicyclic amines) is 1. The summed E-state index contributed by atoms with van der Waals surface area (Å²) in [6.07, 6.45) is 4.60. The van der Waals surface area contributed by atoms with E-state index < -0.39 is 0 Å². The van der Waals surface area contributed by atoms with E-state index in [1.54, 1.807) is 12.1 Å². The number of piperidine rings is 1. The van der Waals surface area contributed by atoms with E-state index >= 15 is 0 Å². The lowest BCUT2D eigenvalue weighted by molar-refractivity contribution is -0.123. The summed E-state index contributed by atoms with van der Waals surface area (Å²) < 4.78 is 19.8. The van der Waals surface area contributed by atoms with E-state index in [1.807, 2.05) is 41.3 Å². The minimum atomic E-state index is -0.168. The molecule has 3 aromatic rings. The lowest BCUT2D eigenvalue weighted by atomic mass is 9.77. The molecular formula is C25H27FN2O2. The molecule has 1 spiro atoms. The second kappa shape index (κ2) is 7.88. The van der Waals surface area contributed by atoms with Gasteiger partial charge >= 0.3 is 0 Å². The largest absolute Gasteiger partial charge is 0.375 e. The molecule has 4 nitrogen and oxygen atoms in total. The first-order valence-electron chi connectivity index (χ1n) is 10.9. The van der Waals surface area contributed by atoms with E-state index in [0.29, 0.717) is 24.7 Å². The van der Waals surface area contributed by atoms with Gasteiger partial charge in [0.2, 0.25) is 0 Å². The number of fused-ring (bicyclic) bond motifs is 1. The number of para-hydroxylation sites is 1. The zero-order valence-corrected chi connectivity index (χ0v) is 17.1. The Hall–Kier alpha value is -2.66. The third-order valence-corrected chi connectivity index (χ3v) is 6.73. The molecule has 156 valence electrons. The van der Waals surface area contributed by atoms with Crippen LogP contribution < -0.4 is 0 Å². The summed E-state index contributed by atoms with van der Waals surface area (Å²) in [5.41, 5.74) is 2.56. The van der Waals surface area contributed by atoms with Crippen molar-refractivity contribution in [2.75, 3.05) is 19.7 Å². The number of nitrogens with zero attached hydrogens (tertiary/aromatic N) is 1. The molecule has 0 unspecified atom stereocenters. The summed E-state index contributed by atoms with van der Waals surface area (Å²) in [6.45, 7) is 2.16. The third-order valence-electron chi connectivity index (χ3n) is 6.73. The Labute approximate surface area is 176 Å². The fourth-order valence-corrected chi connectivity index (χ4v) is 5.13. The van der Waals surface area contributed by atoms with Crippen LogP contribution in [0.1, 0.15) is 41.7 Å². The monoisotopic (exact) mass is 406 g/mol. The summed E-state index contributed by atoms with van der Waals surface area (Å²) in [6, 6.07) is 16.8. The van der Waals surface area contributed by atoms with Gasteiger partial charge in [0.1, 0.15) is 11.5 Å². The lowest BCUT2D eigenvalue weighted by Crippen LogP contribution is -2.51. The number of carbonyl (C=O) groups excluding carboxylic acids is 1. The van der Waals surface area contributed by atoms with Gasteiger partial charge in [-0.25, -0.2) is 4.39 Å². The van der Waals surface area contributed by atoms with Crippen LogP contribution >= 0.6 is 0 Å². The molecule has 1 amide bonds. The van der Waals surface area contributed by atoms with E-state index in [2.05, 4.69) is 4.98 Å². The number of amides is 1. The second-order valence-corrected chi connectivity index (χ2v) is 8.79. The van der Waals surface area contributed by atoms with Crippen molar-refractivity contribution >= 4 is 16.8 Å². The standard InChI is InChI=1S/C25H27FN2O2/c26-21-6-3-4-18(15-21)14-19-8-13-30-25(17-19)9-11-28(12-10-25)24(29)23-16-20-5-1-2-7-22(20)27-23/h1-7,15-16,19,27H,8-14,17H2/t19-/m1/s1. The van der Waals surface area contributed by atoms with Crippen molar-refractivity contribution < 1.29 is 13.9 Å². The van der Waals surface area contributed by atoms with Crippen LogP contribution in [-0.4, -0.2) is 41.1 Å². The molecule has 2 aliphatic heterocycles. The molecule has 5 rings (SSSR count). The maximum absolute atomic E-state index is 13.5. The Bertz CT molecular complexity index is 1020. The highest BCUT2D eigenvalue weighted by Gasteiger charge is 2.41. The van der Waals surface area contributed by atoms with Crippen molar-refractivity contribution in [3.63, 3.8) is 0 Å². The van der Waals surface area contributed by atoms with Gasteiger partial charge < -0.3 is 14.6 Å². The van der Waals surface area contributed by atoms with E-state index in [1.165, 1.54) is 6.07 Å². The van der Waals surface area contributed by atoms with E-state index in [0.717, 1.165) is 55.2 Å². The zero-order valence-electron chi connectivity index (χ0n) is 17.1. The Morgan fingerprint density at radius 2 is 1.97 bits per heavy atom. The summed E-state index contributed by atoms with van der Waals surface area (Å²) in [7, 11) is 0. The van der Waals surface area contributed by atoms with Crippen LogP contribution in [0.3, 0.4) is 0 Å². The maximum Gasteiger partial charge on any atom is 0.270 e. The molecule has 2 aromatic carbocycles. The predicted octanol–water partition coefficient (Wildman–Crippen LogP) is 4.95. The van der Waals surface area contributed by atoms with Crippen LogP contribution in [-0.2, 0) is 11.2 Å². The molecule has 0 radical (unpaired) electrons. The van der Waals surface area contributed by atoms with Gasteiger partial charge in [-0.1, -0.05) is 30.3 Å². The molecule has 2 saturated heterocycles. The van der Waals surface area contributed by atoms with Crippen molar-refractivity contribution in [3.05, 3.63) is 71.7 Å². The molecule has 1 aromatic heterocycles. The number of benzene rings is 2. The third kappa shape index (κ3) is 3.86. The normalized spacial score (nSPS) is 21.2. The van der Waals surface area contributed by atoms with Crippen LogP contribution in [0.15, 0.2) is 54.6 Å². The molecule has 1 N–H and O–H groups in total. The highest BCUT2D eigenvalue weighted by molar-refractivity contribution is 5.98. The first kappa shape index (κ1) is 19.3. The van der Waals surface area contributed by atoms with E-state index in [-0.39, 0.29) is 17.3 Å². The van der Waals surface area contributed by atoms with Crippen LogP contribution in [0.25, 0.3) is 10.9 Å². The summed E-state index contributed by atoms with van der Waals surface area (Å²) in [4.78, 5) is 18.2. The van der Waals surface area contributed by atoms with Gasteiger partial charge in [0, 0.05) is 30.6 Å². The van der Waals surface area contributed by atoms with E-state index in [4.69, 9.17) is 4.74 Å². The Balaban J connectivity index is 1.22. The number of ether oxygens (including phenoxy) is 1. The Morgan fingerprint density at radius 1 is 1.13 bits per heavy atom.